The van der Waals surface area contributed by atoms with Gasteiger partial charge in [-0.05, 0) is 126 Å². The summed E-state index contributed by atoms with van der Waals surface area (Å²) in [6.07, 6.45) is 6.12. The fourth-order valence-corrected chi connectivity index (χ4v) is 11.9. The van der Waals surface area contributed by atoms with Gasteiger partial charge in [-0.25, -0.2) is 19.2 Å². The third-order valence-corrected chi connectivity index (χ3v) is 19.5. The van der Waals surface area contributed by atoms with Gasteiger partial charge in [-0.1, -0.05) is 149 Å². The Morgan fingerprint density at radius 1 is 0.691 bits per heavy atom. The van der Waals surface area contributed by atoms with Crippen LogP contribution in [0.2, 0.25) is 0 Å². The second-order valence-corrected chi connectivity index (χ2v) is 30.3. The minimum Gasteiger partial charge on any atom is -0.456 e. The van der Waals surface area contributed by atoms with Gasteiger partial charge in [0.1, 0.15) is 55.1 Å². The number of benzene rings is 2. The molecule has 6 N–H and O–H groups in total. The number of likely N-dealkylation sites (N-methyl/N-ethyl adjacent to an activating group) is 4. The number of nitrogens with zero attached hydrogens (tertiary/aromatic N) is 4. The Hall–Kier alpha value is -8.92. The molecular weight excluding hydrogens is 1410 g/mol. The summed E-state index contributed by atoms with van der Waals surface area (Å²) in [6, 6.07) is 7.52. The topological polar surface area (TPSA) is 345 Å². The summed E-state index contributed by atoms with van der Waals surface area (Å²) < 4.78 is 34.6. The Labute approximate surface area is 653 Å². The minimum atomic E-state index is -1.40. The Morgan fingerprint density at radius 2 is 1.29 bits per heavy atom. The Morgan fingerprint density at radius 3 is 1.90 bits per heavy atom. The fourth-order valence-electron chi connectivity index (χ4n) is 11.9. The number of unbranched alkanes of at least 4 members (excludes halogenated alkanes) is 4. The highest BCUT2D eigenvalue weighted by Crippen LogP contribution is 2.27. The molecule has 0 saturated carbocycles. The van der Waals surface area contributed by atoms with Gasteiger partial charge in [0.25, 0.3) is 5.91 Å². The van der Waals surface area contributed by atoms with Crippen molar-refractivity contribution in [3.05, 3.63) is 88.5 Å². The molecule has 2 aromatic carbocycles. The second-order valence-electron chi connectivity index (χ2n) is 30.3. The number of aryl methyl sites for hydroxylation is 1. The number of ether oxygens (including phenoxy) is 6. The van der Waals surface area contributed by atoms with Crippen LogP contribution in [0, 0.1) is 29.6 Å². The predicted molar refractivity (Wildman–Crippen MR) is 420 cm³/mol. The number of anilines is 1. The summed E-state index contributed by atoms with van der Waals surface area (Å²) in [6.45, 7) is 28.8. The molecule has 0 aliphatic carbocycles. The zero-order chi connectivity index (χ0) is 82.5. The molecule has 1 aliphatic rings. The highest BCUT2D eigenvalue weighted by molar-refractivity contribution is 5.99. The van der Waals surface area contributed by atoms with Crippen molar-refractivity contribution < 1.29 is 86.0 Å². The molecule has 3 rings (SSSR count). The molecule has 616 valence electrons. The number of allylic oxidation sites excluding steroid dienone is 1. The van der Waals surface area contributed by atoms with Crippen LogP contribution in [0.1, 0.15) is 192 Å². The number of rotatable bonds is 34. The lowest BCUT2D eigenvalue weighted by Crippen LogP contribution is -2.57. The standard InChI is InChI=1S/C82H130N10O18/c1-21-54(10)71-76(98)85-60(16)80(102)110-72(55(11)22-2)57(13)66(109-82(104)90(18)43-42-89(17)81(103)107-50-63-36-38-64(39-37-63)86-73(95)58(14)83-75(97)70(53(8)9)87-68(93)41-44-106-46-45-105-23-3)40-31-56(12)79(101)108-67(47-52(6)7)74(96)84-59(15)77(99)92(20)65(78(100)91(19)49-69(94)88-71)48-62-34-32-61(33-35-62)30-28-26-24-25-27-29-51(4)5/h22,31-39,51-54,57-60,65-67,70-72H,21,23-30,40-50H2,1-20H3,(H,83,97)(H,84,96)(H,85,98)(H,86,95)(H,87,93)(H,88,94)/b55-22+,56-31+/t54?,57-,58+,59-,60+,65+,66-,67+,70+,71-,72+/m0/s1. The van der Waals surface area contributed by atoms with Crippen molar-refractivity contribution in [3.8, 4) is 0 Å². The fraction of sp³-hybridized carbons (Fsp3) is 0.659. The first-order valence-electron chi connectivity index (χ1n) is 39.1. The molecule has 1 unspecified atom stereocenters. The molecule has 1 aliphatic heterocycles. The van der Waals surface area contributed by atoms with Gasteiger partial charge in [-0.3, -0.25) is 38.4 Å². The maximum absolute atomic E-state index is 14.7. The van der Waals surface area contributed by atoms with E-state index in [1.807, 2.05) is 52.0 Å². The SMILES string of the molecule is C/C=C(\C)[C@H]1OC(=O)[C@@H](C)NC(=O)[C@H](C(C)CC)NC(=O)CN(C)C(=O)[C@@H](Cc2ccc(CCCCCCCC(C)C)cc2)N(C)C(=O)[C@H](C)NC(=O)[C@@H](CC(C)C)OC(=O)/C(C)=C/C[C@H](OC(=O)N(C)CCN(C)C(=O)OCc2ccc(NC(=O)[C@@H](C)NC(=O)[C@H](NC(=O)CCOCCOCC)C(C)C)cc2)[C@@H]1C. The molecule has 2 aromatic rings. The van der Waals surface area contributed by atoms with Crippen LogP contribution in [0.5, 0.6) is 0 Å². The number of hydrogen-bond donors (Lipinski definition) is 6. The lowest BCUT2D eigenvalue weighted by Gasteiger charge is -2.33. The van der Waals surface area contributed by atoms with Crippen molar-refractivity contribution in [2.75, 3.05) is 79.6 Å². The molecule has 0 fully saturated rings. The third-order valence-electron chi connectivity index (χ3n) is 19.5. The number of amides is 10. The van der Waals surface area contributed by atoms with Crippen molar-refractivity contribution in [1.82, 2.24) is 46.2 Å². The first kappa shape index (κ1) is 95.3. The maximum atomic E-state index is 14.7. The van der Waals surface area contributed by atoms with Gasteiger partial charge in [0, 0.05) is 84.3 Å². The zero-order valence-electron chi connectivity index (χ0n) is 69.1. The summed E-state index contributed by atoms with van der Waals surface area (Å²) in [7, 11) is 5.78. The molecule has 0 bridgehead atoms. The van der Waals surface area contributed by atoms with Gasteiger partial charge in [0.05, 0.1) is 26.4 Å². The summed E-state index contributed by atoms with van der Waals surface area (Å²) in [5.74, 6) is -7.76. The van der Waals surface area contributed by atoms with Crippen molar-refractivity contribution in [2.24, 2.45) is 29.6 Å². The van der Waals surface area contributed by atoms with Gasteiger partial charge in [0.15, 0.2) is 6.10 Å². The lowest BCUT2D eigenvalue weighted by atomic mass is 9.90. The van der Waals surface area contributed by atoms with Gasteiger partial charge in [-0.2, -0.15) is 0 Å². The minimum absolute atomic E-state index is 0.0168. The van der Waals surface area contributed by atoms with Crippen LogP contribution in [0.25, 0.3) is 0 Å². The monoisotopic (exact) mass is 1540 g/mol. The summed E-state index contributed by atoms with van der Waals surface area (Å²) in [5, 5.41) is 16.3. The quantitative estimate of drug-likeness (QED) is 0.0164. The smallest absolute Gasteiger partial charge is 0.409 e. The summed E-state index contributed by atoms with van der Waals surface area (Å²) in [5.41, 5.74) is 3.38. The Balaban J connectivity index is 1.88. The van der Waals surface area contributed by atoms with Gasteiger partial charge >= 0.3 is 24.1 Å². The van der Waals surface area contributed by atoms with Crippen molar-refractivity contribution in [1.29, 1.82) is 0 Å². The van der Waals surface area contributed by atoms with Crippen LogP contribution < -0.4 is 31.9 Å². The third kappa shape index (κ3) is 33.7. The van der Waals surface area contributed by atoms with E-state index in [1.54, 1.807) is 71.9 Å². The van der Waals surface area contributed by atoms with Gasteiger partial charge < -0.3 is 79.9 Å². The molecule has 0 saturated heterocycles. The lowest BCUT2D eigenvalue weighted by molar-refractivity contribution is -0.155. The van der Waals surface area contributed by atoms with Gasteiger partial charge in [0.2, 0.25) is 41.4 Å². The highest BCUT2D eigenvalue weighted by Gasteiger charge is 2.39. The van der Waals surface area contributed by atoms with Crippen molar-refractivity contribution in [3.63, 3.8) is 0 Å². The molecular formula is C82H130N10O18. The van der Waals surface area contributed by atoms with Crippen LogP contribution >= 0.6 is 0 Å². The van der Waals surface area contributed by atoms with Crippen LogP contribution in [0.15, 0.2) is 71.8 Å². The van der Waals surface area contributed by atoms with Crippen molar-refractivity contribution >= 4 is 77.1 Å². The van der Waals surface area contributed by atoms with Crippen LogP contribution in [0.4, 0.5) is 15.3 Å². The summed E-state index contributed by atoms with van der Waals surface area (Å²) >= 11 is 0. The maximum Gasteiger partial charge on any atom is 0.409 e. The first-order valence-corrected chi connectivity index (χ1v) is 39.1. The predicted octanol–water partition coefficient (Wildman–Crippen LogP) is 9.15. The van der Waals surface area contributed by atoms with E-state index in [4.69, 9.17) is 28.4 Å². The molecule has 10 amide bonds. The van der Waals surface area contributed by atoms with E-state index in [0.717, 1.165) is 30.4 Å². The number of cyclic esters (lactones) is 2. The molecule has 0 aromatic heterocycles. The molecule has 110 heavy (non-hydrogen) atoms. The number of esters is 2. The molecule has 28 nitrogen and oxygen atoms in total. The average Bonchev–Trinajstić information content (AvgIpc) is 0.828. The number of carbonyl (C=O) groups is 12. The Bertz CT molecular complexity index is 3360. The Kier molecular flexibility index (Phi) is 42.8. The normalized spacial score (nSPS) is 21.3. The van der Waals surface area contributed by atoms with E-state index in [2.05, 4.69) is 45.7 Å². The average molecular weight is 1540 g/mol. The van der Waals surface area contributed by atoms with E-state index in [1.165, 1.54) is 107 Å². The zero-order valence-corrected chi connectivity index (χ0v) is 69.1. The van der Waals surface area contributed by atoms with E-state index >= 15 is 0 Å². The first-order chi connectivity index (χ1) is 51.9. The van der Waals surface area contributed by atoms with Crippen LogP contribution in [-0.2, 0) is 95.8 Å². The number of carbonyl (C=O) groups excluding carboxylic acids is 12. The van der Waals surface area contributed by atoms with E-state index in [-0.39, 0.29) is 75.3 Å². The largest absolute Gasteiger partial charge is 0.456 e. The molecule has 11 atom stereocenters. The molecule has 28 heteroatoms. The number of hydrogen-bond acceptors (Lipinski definition) is 18. The number of nitrogens with one attached hydrogen (secondary N) is 6. The molecule has 1 heterocycles. The summed E-state index contributed by atoms with van der Waals surface area (Å²) in [4.78, 5) is 172. The van der Waals surface area contributed by atoms with E-state index in [9.17, 15) is 57.5 Å². The van der Waals surface area contributed by atoms with Gasteiger partial charge in [-0.15, -0.1) is 0 Å². The van der Waals surface area contributed by atoms with Crippen LogP contribution in [0.3, 0.4) is 0 Å². The highest BCUT2D eigenvalue weighted by atomic mass is 16.6. The molecule has 0 spiro atoms. The van der Waals surface area contributed by atoms with E-state index in [0.29, 0.717) is 49.0 Å². The van der Waals surface area contributed by atoms with Crippen molar-refractivity contribution in [2.45, 2.75) is 249 Å². The second kappa shape index (κ2) is 49.4. The van der Waals surface area contributed by atoms with Crippen LogP contribution in [-0.4, -0.2) is 220 Å². The van der Waals surface area contributed by atoms with E-state index < -0.39 is 138 Å². The molecule has 0 radical (unpaired) electrons.